The van der Waals surface area contributed by atoms with E-state index in [-0.39, 0.29) is 12.1 Å². The molecule has 3 aromatic rings. The zero-order chi connectivity index (χ0) is 26.3. The molecule has 2 saturated heterocycles. The minimum absolute atomic E-state index is 0.120. The van der Waals surface area contributed by atoms with E-state index in [1.54, 1.807) is 29.1 Å². The minimum Gasteiger partial charge on any atom is -0.457 e. The number of amides is 3. The third-order valence-corrected chi connectivity index (χ3v) is 7.55. The predicted octanol–water partition coefficient (Wildman–Crippen LogP) is 5.67. The van der Waals surface area contributed by atoms with Gasteiger partial charge < -0.3 is 19.9 Å². The molecule has 1 aromatic carbocycles. The Bertz CT molecular complexity index is 1240. The third kappa shape index (κ3) is 6.27. The second-order valence-electron chi connectivity index (χ2n) is 10.2. The fraction of sp³-hybridized carbons (Fsp3) is 0.483. The maximum Gasteiger partial charge on any atom is 0.326 e. The van der Waals surface area contributed by atoms with Crippen LogP contribution in [0.3, 0.4) is 0 Å². The van der Waals surface area contributed by atoms with Crippen molar-refractivity contribution in [2.75, 3.05) is 38.0 Å². The number of pyridine rings is 1. The summed E-state index contributed by atoms with van der Waals surface area (Å²) in [5.41, 5.74) is 0.821. The molecule has 4 heterocycles. The lowest BCUT2D eigenvalue weighted by molar-refractivity contribution is 0.140. The number of aromatic nitrogens is 2. The van der Waals surface area contributed by atoms with Crippen molar-refractivity contribution in [3.8, 4) is 11.5 Å². The number of carbonyl (C=O) groups excluding carboxylic acids is 2. The molecule has 2 aromatic heterocycles. The van der Waals surface area contributed by atoms with Crippen LogP contribution < -0.4 is 15.4 Å². The van der Waals surface area contributed by atoms with E-state index in [4.69, 9.17) is 4.74 Å². The van der Waals surface area contributed by atoms with Crippen LogP contribution in [0.2, 0.25) is 0 Å². The van der Waals surface area contributed by atoms with Crippen molar-refractivity contribution in [1.29, 1.82) is 0 Å². The van der Waals surface area contributed by atoms with Crippen molar-refractivity contribution in [1.82, 2.24) is 24.7 Å². The van der Waals surface area contributed by atoms with E-state index in [2.05, 4.69) is 27.4 Å². The fourth-order valence-corrected chi connectivity index (χ4v) is 5.43. The second-order valence-corrected chi connectivity index (χ2v) is 10.2. The van der Waals surface area contributed by atoms with Crippen LogP contribution in [0.15, 0.2) is 48.8 Å². The molecule has 0 atom stereocenters. The molecule has 9 nitrogen and oxygen atoms in total. The number of nitrogens with zero attached hydrogens (tertiary/aromatic N) is 4. The first-order chi connectivity index (χ1) is 18.6. The molecule has 0 aliphatic carbocycles. The molecule has 38 heavy (non-hydrogen) atoms. The Labute approximate surface area is 224 Å². The number of anilines is 1. The molecule has 0 bridgehead atoms. The molecule has 0 spiro atoms. The van der Waals surface area contributed by atoms with Gasteiger partial charge in [0.25, 0.3) is 0 Å². The van der Waals surface area contributed by atoms with Crippen LogP contribution in [-0.4, -0.2) is 70.2 Å². The van der Waals surface area contributed by atoms with E-state index in [0.29, 0.717) is 29.9 Å². The number of rotatable bonds is 8. The number of likely N-dealkylation sites (tertiary alicyclic amines) is 2. The van der Waals surface area contributed by atoms with Gasteiger partial charge in [-0.05, 0) is 75.5 Å². The molecule has 9 heteroatoms. The Balaban J connectivity index is 1.16. The van der Waals surface area contributed by atoms with E-state index < -0.39 is 0 Å². The third-order valence-electron chi connectivity index (χ3n) is 7.55. The van der Waals surface area contributed by atoms with Crippen LogP contribution in [0.4, 0.5) is 15.4 Å². The highest BCUT2D eigenvalue weighted by Gasteiger charge is 2.28. The molecule has 0 unspecified atom stereocenters. The topological polar surface area (TPSA) is 91.7 Å². The van der Waals surface area contributed by atoms with Gasteiger partial charge in [-0.15, -0.1) is 0 Å². The number of hydrogen-bond acceptors (Lipinski definition) is 5. The second kappa shape index (κ2) is 12.3. The zero-order valence-electron chi connectivity index (χ0n) is 22.2. The van der Waals surface area contributed by atoms with Crippen molar-refractivity contribution in [2.24, 2.45) is 0 Å². The Kier molecular flexibility index (Phi) is 8.43. The Morgan fingerprint density at radius 1 is 0.974 bits per heavy atom. The highest BCUT2D eigenvalue weighted by Crippen LogP contribution is 2.28. The van der Waals surface area contributed by atoms with Crippen molar-refractivity contribution in [3.05, 3.63) is 48.8 Å². The molecule has 202 valence electrons. The molecule has 2 N–H and O–H groups in total. The Hall–Kier alpha value is -3.59. The summed E-state index contributed by atoms with van der Waals surface area (Å²) < 4.78 is 7.69. The Morgan fingerprint density at radius 3 is 2.55 bits per heavy atom. The number of unbranched alkanes of at least 4 members (excludes halogenated alkanes) is 2. The molecule has 5 rings (SSSR count). The highest BCUT2D eigenvalue weighted by molar-refractivity contribution is 5.92. The van der Waals surface area contributed by atoms with Crippen molar-refractivity contribution >= 4 is 28.8 Å². The standard InChI is InChI=1S/C29H38N6O3/c1-2-3-4-13-31-28(36)35-19-10-22-20-24(7-8-26(22)35)38-25-9-14-30-27(21-25)32-29(37)34-17-11-23(12-18-34)33-15-5-6-16-33/h7-10,14,19-21,23H,2-6,11-13,15-18H2,1H3,(H,31,36)(H,30,32,37). The first-order valence-corrected chi connectivity index (χ1v) is 13.9. The van der Waals surface area contributed by atoms with E-state index in [9.17, 15) is 9.59 Å². The van der Waals surface area contributed by atoms with Gasteiger partial charge in [0.15, 0.2) is 0 Å². The summed E-state index contributed by atoms with van der Waals surface area (Å²) in [6.45, 7) is 6.73. The molecular formula is C29H38N6O3. The first-order valence-electron chi connectivity index (χ1n) is 13.9. The maximum absolute atomic E-state index is 12.9. The minimum atomic E-state index is -0.125. The van der Waals surface area contributed by atoms with Gasteiger partial charge in [0.1, 0.15) is 17.3 Å². The van der Waals surface area contributed by atoms with Crippen LogP contribution in [0, 0.1) is 0 Å². The number of urea groups is 1. The van der Waals surface area contributed by atoms with Gasteiger partial charge in [-0.25, -0.2) is 14.6 Å². The maximum atomic E-state index is 12.9. The first kappa shape index (κ1) is 26.0. The van der Waals surface area contributed by atoms with Crippen molar-refractivity contribution in [2.45, 2.75) is 57.9 Å². The SMILES string of the molecule is CCCCCNC(=O)n1ccc2cc(Oc3ccnc(NC(=O)N4CCC(N5CCCC5)CC4)c3)ccc21. The molecule has 2 fully saturated rings. The zero-order valence-corrected chi connectivity index (χ0v) is 22.2. The highest BCUT2D eigenvalue weighted by atomic mass is 16.5. The van der Waals surface area contributed by atoms with Gasteiger partial charge >= 0.3 is 12.1 Å². The Morgan fingerprint density at radius 2 is 1.76 bits per heavy atom. The summed E-state index contributed by atoms with van der Waals surface area (Å²) in [4.78, 5) is 34.2. The smallest absolute Gasteiger partial charge is 0.326 e. The van der Waals surface area contributed by atoms with E-state index >= 15 is 0 Å². The molecule has 0 saturated carbocycles. The summed E-state index contributed by atoms with van der Waals surface area (Å²) in [6, 6.07) is 11.4. The van der Waals surface area contributed by atoms with E-state index in [0.717, 1.165) is 56.1 Å². The predicted molar refractivity (Wildman–Crippen MR) is 149 cm³/mol. The normalized spacial score (nSPS) is 16.6. The number of ether oxygens (including phenoxy) is 1. The lowest BCUT2D eigenvalue weighted by Crippen LogP contribution is -2.47. The van der Waals surface area contributed by atoms with Crippen molar-refractivity contribution < 1.29 is 14.3 Å². The summed E-state index contributed by atoms with van der Waals surface area (Å²) >= 11 is 0. The molecule has 3 amide bonds. The summed E-state index contributed by atoms with van der Waals surface area (Å²) in [7, 11) is 0. The molecule has 2 aliphatic rings. The largest absolute Gasteiger partial charge is 0.457 e. The van der Waals surface area contributed by atoms with Gasteiger partial charge in [-0.3, -0.25) is 9.88 Å². The number of fused-ring (bicyclic) bond motifs is 1. The number of benzene rings is 1. The number of hydrogen-bond donors (Lipinski definition) is 2. The van der Waals surface area contributed by atoms with Crippen LogP contribution in [0.25, 0.3) is 10.9 Å². The van der Waals surface area contributed by atoms with Gasteiger partial charge in [0.05, 0.1) is 5.52 Å². The summed E-state index contributed by atoms with van der Waals surface area (Å²) in [5.74, 6) is 1.68. The summed E-state index contributed by atoms with van der Waals surface area (Å²) in [6.07, 6.45) is 11.2. The average Bonchev–Trinajstić information content (AvgIpc) is 3.62. The van der Waals surface area contributed by atoms with E-state index in [1.165, 1.54) is 25.9 Å². The van der Waals surface area contributed by atoms with Crippen LogP contribution in [0.5, 0.6) is 11.5 Å². The van der Waals surface area contributed by atoms with Crippen LogP contribution >= 0.6 is 0 Å². The fourth-order valence-electron chi connectivity index (χ4n) is 5.43. The van der Waals surface area contributed by atoms with Gasteiger partial charge in [0, 0.05) is 49.5 Å². The van der Waals surface area contributed by atoms with Crippen molar-refractivity contribution in [3.63, 3.8) is 0 Å². The van der Waals surface area contributed by atoms with Gasteiger partial charge in [-0.2, -0.15) is 0 Å². The quantitative estimate of drug-likeness (QED) is 0.375. The number of carbonyl (C=O) groups is 2. The lowest BCUT2D eigenvalue weighted by Gasteiger charge is -2.36. The molecule has 0 radical (unpaired) electrons. The summed E-state index contributed by atoms with van der Waals surface area (Å²) in [5, 5.41) is 6.81. The number of nitrogens with one attached hydrogen (secondary N) is 2. The van der Waals surface area contributed by atoms with Gasteiger partial charge in [0.2, 0.25) is 0 Å². The van der Waals surface area contributed by atoms with Gasteiger partial charge in [-0.1, -0.05) is 19.8 Å². The lowest BCUT2D eigenvalue weighted by atomic mass is 10.0. The molecule has 2 aliphatic heterocycles. The van der Waals surface area contributed by atoms with Crippen LogP contribution in [0.1, 0.15) is 51.9 Å². The average molecular weight is 519 g/mol. The monoisotopic (exact) mass is 518 g/mol. The number of piperidine rings is 1. The molecular weight excluding hydrogens is 480 g/mol. The van der Waals surface area contributed by atoms with E-state index in [1.807, 2.05) is 29.2 Å². The van der Waals surface area contributed by atoms with Crippen LogP contribution in [-0.2, 0) is 0 Å².